The van der Waals surface area contributed by atoms with Crippen molar-refractivity contribution in [1.82, 2.24) is 15.5 Å². The van der Waals surface area contributed by atoms with Crippen molar-refractivity contribution in [3.8, 4) is 0 Å². The second-order valence-electron chi connectivity index (χ2n) is 7.30. The highest BCUT2D eigenvalue weighted by Crippen LogP contribution is 2.27. The van der Waals surface area contributed by atoms with Gasteiger partial charge in [-0.05, 0) is 25.3 Å². The van der Waals surface area contributed by atoms with E-state index in [0.29, 0.717) is 32.5 Å². The molecule has 0 aromatic heterocycles. The fourth-order valence-corrected chi connectivity index (χ4v) is 3.51. The summed E-state index contributed by atoms with van der Waals surface area (Å²) in [5.41, 5.74) is 2.22. The Balaban J connectivity index is 1.43. The zero-order chi connectivity index (χ0) is 18.7. The first-order chi connectivity index (χ1) is 12.3. The van der Waals surface area contributed by atoms with E-state index < -0.39 is 24.9 Å². The number of halogens is 2. The Labute approximate surface area is 152 Å². The molecule has 5 nitrogen and oxygen atoms in total. The first-order valence-electron chi connectivity index (χ1n) is 9.07. The maximum Gasteiger partial charge on any atom is 0.262 e. The summed E-state index contributed by atoms with van der Waals surface area (Å²) >= 11 is 0. The third-order valence-corrected chi connectivity index (χ3v) is 5.17. The molecule has 0 spiro atoms. The molecule has 2 saturated heterocycles. The lowest BCUT2D eigenvalue weighted by Crippen LogP contribution is -2.48. The van der Waals surface area contributed by atoms with Crippen molar-refractivity contribution < 1.29 is 18.4 Å². The van der Waals surface area contributed by atoms with E-state index in [1.165, 1.54) is 5.56 Å². The van der Waals surface area contributed by atoms with Crippen molar-refractivity contribution in [1.29, 1.82) is 0 Å². The number of nitrogens with one attached hydrogen (secondary N) is 2. The number of nitrogens with zero attached hydrogens (tertiary/aromatic N) is 1. The lowest BCUT2D eigenvalue weighted by Gasteiger charge is -2.33. The van der Waals surface area contributed by atoms with Crippen LogP contribution >= 0.6 is 0 Å². The Morgan fingerprint density at radius 1 is 1.23 bits per heavy atom. The van der Waals surface area contributed by atoms with Gasteiger partial charge >= 0.3 is 0 Å². The third-order valence-electron chi connectivity index (χ3n) is 5.17. The first kappa shape index (κ1) is 18.8. The van der Waals surface area contributed by atoms with Crippen LogP contribution in [0.1, 0.15) is 30.4 Å². The van der Waals surface area contributed by atoms with Crippen molar-refractivity contribution in [2.45, 2.75) is 44.7 Å². The average molecular weight is 365 g/mol. The van der Waals surface area contributed by atoms with Crippen LogP contribution < -0.4 is 10.6 Å². The maximum atomic E-state index is 13.3. The van der Waals surface area contributed by atoms with Gasteiger partial charge in [-0.15, -0.1) is 0 Å². The average Bonchev–Trinajstić information content (AvgIpc) is 3.00. The molecule has 0 radical (unpaired) electrons. The summed E-state index contributed by atoms with van der Waals surface area (Å²) in [6.07, 6.45) is 0.686. The van der Waals surface area contributed by atoms with Crippen LogP contribution in [0.2, 0.25) is 0 Å². The van der Waals surface area contributed by atoms with Crippen LogP contribution in [0.3, 0.4) is 0 Å². The molecule has 3 rings (SSSR count). The Kier molecular flexibility index (Phi) is 5.55. The van der Waals surface area contributed by atoms with Crippen molar-refractivity contribution in [2.24, 2.45) is 5.92 Å². The Hall–Kier alpha value is -2.02. The van der Waals surface area contributed by atoms with Crippen LogP contribution in [-0.4, -0.2) is 48.3 Å². The zero-order valence-electron chi connectivity index (χ0n) is 14.9. The number of piperidine rings is 1. The molecule has 2 heterocycles. The number of likely N-dealkylation sites (tertiary alicyclic amines) is 1. The fourth-order valence-electron chi connectivity index (χ4n) is 3.51. The molecule has 0 aliphatic carbocycles. The molecule has 2 aliphatic rings. The number of benzene rings is 1. The number of alkyl halides is 2. The second-order valence-corrected chi connectivity index (χ2v) is 7.30. The SMILES string of the molecule is Cc1ccc(CNC(=O)C2CCN(C(=O)C3CC(F)(F)CN3)CC2)cc1. The highest BCUT2D eigenvalue weighted by molar-refractivity contribution is 5.83. The number of rotatable bonds is 4. The molecule has 2 amide bonds. The highest BCUT2D eigenvalue weighted by atomic mass is 19.3. The van der Waals surface area contributed by atoms with E-state index in [4.69, 9.17) is 0 Å². The van der Waals surface area contributed by atoms with E-state index in [1.54, 1.807) is 4.90 Å². The summed E-state index contributed by atoms with van der Waals surface area (Å²) in [7, 11) is 0. The van der Waals surface area contributed by atoms with Gasteiger partial charge in [-0.2, -0.15) is 0 Å². The molecule has 26 heavy (non-hydrogen) atoms. The number of hydrogen-bond acceptors (Lipinski definition) is 3. The standard InChI is InChI=1S/C19H25F2N3O2/c1-13-2-4-14(5-3-13)11-22-17(25)15-6-8-24(9-7-15)18(26)16-10-19(20,21)12-23-16/h2-5,15-16,23H,6-12H2,1H3,(H,22,25). The van der Waals surface area contributed by atoms with Gasteiger partial charge < -0.3 is 10.2 Å². The van der Waals surface area contributed by atoms with Crippen LogP contribution in [0.15, 0.2) is 24.3 Å². The maximum absolute atomic E-state index is 13.3. The van der Waals surface area contributed by atoms with Gasteiger partial charge in [0.1, 0.15) is 0 Å². The summed E-state index contributed by atoms with van der Waals surface area (Å²) < 4.78 is 26.5. The molecule has 142 valence electrons. The van der Waals surface area contributed by atoms with E-state index in [9.17, 15) is 18.4 Å². The molecule has 2 fully saturated rings. The fraction of sp³-hybridized carbons (Fsp3) is 0.579. The quantitative estimate of drug-likeness (QED) is 0.856. The van der Waals surface area contributed by atoms with Gasteiger partial charge in [-0.3, -0.25) is 14.9 Å². The number of amides is 2. The van der Waals surface area contributed by atoms with Crippen LogP contribution in [0.5, 0.6) is 0 Å². The van der Waals surface area contributed by atoms with Crippen LogP contribution in [0.25, 0.3) is 0 Å². The van der Waals surface area contributed by atoms with E-state index in [1.807, 2.05) is 31.2 Å². The summed E-state index contributed by atoms with van der Waals surface area (Å²) in [4.78, 5) is 26.3. The number of aryl methyl sites for hydroxylation is 1. The minimum Gasteiger partial charge on any atom is -0.352 e. The molecule has 2 aliphatic heterocycles. The van der Waals surface area contributed by atoms with Gasteiger partial charge in [0.25, 0.3) is 5.92 Å². The molecule has 1 aromatic carbocycles. The topological polar surface area (TPSA) is 61.4 Å². The molecule has 0 saturated carbocycles. The normalized spacial score (nSPS) is 23.0. The van der Waals surface area contributed by atoms with Gasteiger partial charge in [0.2, 0.25) is 11.8 Å². The van der Waals surface area contributed by atoms with Crippen molar-refractivity contribution in [3.05, 3.63) is 35.4 Å². The Morgan fingerprint density at radius 3 is 2.46 bits per heavy atom. The summed E-state index contributed by atoms with van der Waals surface area (Å²) in [6, 6.07) is 7.18. The van der Waals surface area contributed by atoms with Gasteiger partial charge in [0.05, 0.1) is 12.6 Å². The summed E-state index contributed by atoms with van der Waals surface area (Å²) in [5.74, 6) is -3.24. The van der Waals surface area contributed by atoms with E-state index in [2.05, 4.69) is 10.6 Å². The van der Waals surface area contributed by atoms with E-state index >= 15 is 0 Å². The number of hydrogen-bond donors (Lipinski definition) is 2. The summed E-state index contributed by atoms with van der Waals surface area (Å²) in [6.45, 7) is 2.93. The minimum atomic E-state index is -2.81. The van der Waals surface area contributed by atoms with E-state index in [0.717, 1.165) is 5.56 Å². The molecule has 1 atom stereocenters. The molecule has 2 N–H and O–H groups in total. The van der Waals surface area contributed by atoms with Gasteiger partial charge in [0.15, 0.2) is 0 Å². The van der Waals surface area contributed by atoms with E-state index in [-0.39, 0.29) is 17.7 Å². The third kappa shape index (κ3) is 4.58. The van der Waals surface area contributed by atoms with Crippen LogP contribution in [-0.2, 0) is 16.1 Å². The lowest BCUT2D eigenvalue weighted by atomic mass is 9.95. The molecule has 1 aromatic rings. The highest BCUT2D eigenvalue weighted by Gasteiger charge is 2.44. The first-order valence-corrected chi connectivity index (χ1v) is 9.07. The Morgan fingerprint density at radius 2 is 1.88 bits per heavy atom. The number of carbonyl (C=O) groups is 2. The van der Waals surface area contributed by atoms with Gasteiger partial charge in [0, 0.05) is 32.0 Å². The largest absolute Gasteiger partial charge is 0.352 e. The van der Waals surface area contributed by atoms with Crippen molar-refractivity contribution in [3.63, 3.8) is 0 Å². The zero-order valence-corrected chi connectivity index (χ0v) is 14.9. The second kappa shape index (κ2) is 7.70. The minimum absolute atomic E-state index is 0.0109. The lowest BCUT2D eigenvalue weighted by molar-refractivity contribution is -0.137. The molecule has 7 heteroatoms. The van der Waals surface area contributed by atoms with Gasteiger partial charge in [-0.1, -0.05) is 29.8 Å². The van der Waals surface area contributed by atoms with Crippen molar-refractivity contribution >= 4 is 11.8 Å². The molecular weight excluding hydrogens is 340 g/mol. The summed E-state index contributed by atoms with van der Waals surface area (Å²) in [5, 5.41) is 5.54. The smallest absolute Gasteiger partial charge is 0.262 e. The molecular formula is C19H25F2N3O2. The van der Waals surface area contributed by atoms with Gasteiger partial charge in [-0.25, -0.2) is 8.78 Å². The van der Waals surface area contributed by atoms with Crippen molar-refractivity contribution in [2.75, 3.05) is 19.6 Å². The van der Waals surface area contributed by atoms with Crippen LogP contribution in [0, 0.1) is 12.8 Å². The van der Waals surface area contributed by atoms with Crippen LogP contribution in [0.4, 0.5) is 8.78 Å². The monoisotopic (exact) mass is 365 g/mol. The predicted octanol–water partition coefficient (Wildman–Crippen LogP) is 1.85. The number of carbonyl (C=O) groups excluding carboxylic acids is 2. The Bertz CT molecular complexity index is 655. The molecule has 0 bridgehead atoms. The predicted molar refractivity (Wildman–Crippen MR) is 93.7 cm³/mol. The molecule has 1 unspecified atom stereocenters.